The van der Waals surface area contributed by atoms with E-state index in [0.717, 1.165) is 45.2 Å². The van der Waals surface area contributed by atoms with Crippen LogP contribution >= 0.6 is 24.0 Å². The van der Waals surface area contributed by atoms with Gasteiger partial charge in [-0.15, -0.1) is 24.0 Å². The number of hydrogen-bond acceptors (Lipinski definition) is 3. The SMILES string of the molecule is CN=C(NCc1ccccc1CN1CCCCC1C)N(C)CC1CCOC1.I. The van der Waals surface area contributed by atoms with E-state index in [1.807, 2.05) is 7.05 Å². The minimum Gasteiger partial charge on any atom is -0.381 e. The van der Waals surface area contributed by atoms with Crippen molar-refractivity contribution in [2.45, 2.75) is 51.7 Å². The zero-order valence-corrected chi connectivity index (χ0v) is 20.0. The molecule has 6 heteroatoms. The molecule has 2 fully saturated rings. The first-order valence-electron chi connectivity index (χ1n) is 10.5. The van der Waals surface area contributed by atoms with Crippen molar-refractivity contribution in [3.63, 3.8) is 0 Å². The number of halogens is 1. The van der Waals surface area contributed by atoms with Gasteiger partial charge >= 0.3 is 0 Å². The molecule has 1 aromatic carbocycles. The lowest BCUT2D eigenvalue weighted by Gasteiger charge is -2.34. The molecule has 158 valence electrons. The molecule has 2 aliphatic rings. The Balaban J connectivity index is 0.00000280. The minimum absolute atomic E-state index is 0. The van der Waals surface area contributed by atoms with E-state index >= 15 is 0 Å². The van der Waals surface area contributed by atoms with Gasteiger partial charge in [0.15, 0.2) is 5.96 Å². The number of rotatable bonds is 6. The standard InChI is InChI=1S/C22H36N4O.HI/c1-18-8-6-7-12-26(18)16-21-10-5-4-9-20(21)14-24-22(23-2)25(3)15-19-11-13-27-17-19;/h4-5,9-10,18-19H,6-8,11-17H2,1-3H3,(H,23,24);1H. The fraction of sp³-hybridized carbons (Fsp3) is 0.682. The Morgan fingerprint density at radius 2 is 2.04 bits per heavy atom. The molecule has 0 spiro atoms. The van der Waals surface area contributed by atoms with Crippen molar-refractivity contribution in [3.8, 4) is 0 Å². The highest BCUT2D eigenvalue weighted by Gasteiger charge is 2.20. The molecule has 2 unspecified atom stereocenters. The number of likely N-dealkylation sites (tertiary alicyclic amines) is 1. The van der Waals surface area contributed by atoms with Crippen molar-refractivity contribution in [2.75, 3.05) is 40.4 Å². The fourth-order valence-electron chi connectivity index (χ4n) is 4.26. The van der Waals surface area contributed by atoms with Crippen LogP contribution in [0.3, 0.4) is 0 Å². The second-order valence-corrected chi connectivity index (χ2v) is 8.09. The maximum Gasteiger partial charge on any atom is 0.193 e. The Kier molecular flexibility index (Phi) is 10.0. The van der Waals surface area contributed by atoms with Crippen molar-refractivity contribution in [2.24, 2.45) is 10.9 Å². The van der Waals surface area contributed by atoms with Gasteiger partial charge in [0.25, 0.3) is 0 Å². The van der Waals surface area contributed by atoms with E-state index in [0.29, 0.717) is 12.0 Å². The van der Waals surface area contributed by atoms with E-state index in [2.05, 4.69) is 58.3 Å². The largest absolute Gasteiger partial charge is 0.381 e. The van der Waals surface area contributed by atoms with Crippen LogP contribution in [-0.2, 0) is 17.8 Å². The number of nitrogens with one attached hydrogen (secondary N) is 1. The average Bonchev–Trinajstić information content (AvgIpc) is 3.18. The highest BCUT2D eigenvalue weighted by atomic mass is 127. The Morgan fingerprint density at radius 1 is 1.25 bits per heavy atom. The van der Waals surface area contributed by atoms with Gasteiger partial charge in [-0.3, -0.25) is 9.89 Å². The first-order chi connectivity index (χ1) is 13.2. The van der Waals surface area contributed by atoms with Crippen molar-refractivity contribution in [1.82, 2.24) is 15.1 Å². The number of piperidine rings is 1. The van der Waals surface area contributed by atoms with Crippen molar-refractivity contribution in [1.29, 1.82) is 0 Å². The third kappa shape index (κ3) is 6.59. The molecule has 0 saturated carbocycles. The molecule has 28 heavy (non-hydrogen) atoms. The van der Waals surface area contributed by atoms with Gasteiger partial charge in [0.2, 0.25) is 0 Å². The van der Waals surface area contributed by atoms with Gasteiger partial charge in [0, 0.05) is 52.3 Å². The van der Waals surface area contributed by atoms with Crippen molar-refractivity contribution in [3.05, 3.63) is 35.4 Å². The van der Waals surface area contributed by atoms with Gasteiger partial charge in [0.05, 0.1) is 6.61 Å². The van der Waals surface area contributed by atoms with Crippen molar-refractivity contribution < 1.29 is 4.74 Å². The first-order valence-corrected chi connectivity index (χ1v) is 10.5. The van der Waals surface area contributed by atoms with E-state index < -0.39 is 0 Å². The maximum absolute atomic E-state index is 5.51. The number of guanidine groups is 1. The van der Waals surface area contributed by atoms with Gasteiger partial charge in [-0.1, -0.05) is 30.7 Å². The summed E-state index contributed by atoms with van der Waals surface area (Å²) in [7, 11) is 3.99. The van der Waals surface area contributed by atoms with Gasteiger partial charge in [-0.25, -0.2) is 0 Å². The second-order valence-electron chi connectivity index (χ2n) is 8.09. The fourth-order valence-corrected chi connectivity index (χ4v) is 4.26. The smallest absolute Gasteiger partial charge is 0.193 e. The number of nitrogens with zero attached hydrogens (tertiary/aromatic N) is 3. The van der Waals surface area contributed by atoms with Crippen LogP contribution < -0.4 is 5.32 Å². The first kappa shape index (κ1) is 23.4. The molecule has 1 N–H and O–H groups in total. The maximum atomic E-state index is 5.51. The van der Waals surface area contributed by atoms with Crippen LogP contribution in [0.5, 0.6) is 0 Å². The second kappa shape index (κ2) is 12.0. The molecule has 0 radical (unpaired) electrons. The molecule has 0 aromatic heterocycles. The van der Waals surface area contributed by atoms with E-state index in [1.54, 1.807) is 0 Å². The predicted octanol–water partition coefficient (Wildman–Crippen LogP) is 3.72. The molecule has 0 amide bonds. The topological polar surface area (TPSA) is 40.1 Å². The summed E-state index contributed by atoms with van der Waals surface area (Å²) in [6.45, 7) is 8.21. The van der Waals surface area contributed by atoms with Crippen LogP contribution in [0.2, 0.25) is 0 Å². The van der Waals surface area contributed by atoms with Gasteiger partial charge < -0.3 is 15.0 Å². The minimum atomic E-state index is 0. The van der Waals surface area contributed by atoms with Crippen LogP contribution in [0.25, 0.3) is 0 Å². The molecule has 0 bridgehead atoms. The molecule has 2 heterocycles. The summed E-state index contributed by atoms with van der Waals surface area (Å²) < 4.78 is 5.51. The molecule has 2 aliphatic heterocycles. The summed E-state index contributed by atoms with van der Waals surface area (Å²) in [6, 6.07) is 9.51. The molecule has 5 nitrogen and oxygen atoms in total. The Bertz CT molecular complexity index is 618. The van der Waals surface area contributed by atoms with Crippen LogP contribution in [0, 0.1) is 5.92 Å². The number of hydrogen-bond donors (Lipinski definition) is 1. The summed E-state index contributed by atoms with van der Waals surface area (Å²) in [5, 5.41) is 3.56. The van der Waals surface area contributed by atoms with Crippen LogP contribution in [-0.4, -0.2) is 62.2 Å². The summed E-state index contributed by atoms with van der Waals surface area (Å²) in [6.07, 6.45) is 5.17. The monoisotopic (exact) mass is 500 g/mol. The molecule has 0 aliphatic carbocycles. The van der Waals surface area contributed by atoms with Crippen LogP contribution in [0.15, 0.2) is 29.3 Å². The van der Waals surface area contributed by atoms with E-state index in [1.165, 1.54) is 36.9 Å². The number of benzene rings is 1. The molecule has 1 aromatic rings. The Labute approximate surface area is 187 Å². The van der Waals surface area contributed by atoms with Crippen LogP contribution in [0.4, 0.5) is 0 Å². The van der Waals surface area contributed by atoms with Crippen molar-refractivity contribution >= 4 is 29.9 Å². The summed E-state index contributed by atoms with van der Waals surface area (Å²) in [5.74, 6) is 1.57. The molecule has 3 rings (SSSR count). The lowest BCUT2D eigenvalue weighted by molar-refractivity contribution is 0.152. The summed E-state index contributed by atoms with van der Waals surface area (Å²) >= 11 is 0. The van der Waals surface area contributed by atoms with Gasteiger partial charge in [0.1, 0.15) is 0 Å². The zero-order chi connectivity index (χ0) is 19.1. The van der Waals surface area contributed by atoms with Gasteiger partial charge in [-0.2, -0.15) is 0 Å². The molecule has 2 atom stereocenters. The quantitative estimate of drug-likeness (QED) is 0.367. The summed E-state index contributed by atoms with van der Waals surface area (Å²) in [4.78, 5) is 9.34. The lowest BCUT2D eigenvalue weighted by atomic mass is 10.0. The predicted molar refractivity (Wildman–Crippen MR) is 127 cm³/mol. The third-order valence-corrected chi connectivity index (χ3v) is 6.00. The lowest BCUT2D eigenvalue weighted by Crippen LogP contribution is -2.41. The van der Waals surface area contributed by atoms with E-state index in [-0.39, 0.29) is 24.0 Å². The number of ether oxygens (including phenoxy) is 1. The normalized spacial score (nSPS) is 23.3. The summed E-state index contributed by atoms with van der Waals surface area (Å²) in [5.41, 5.74) is 2.80. The Morgan fingerprint density at radius 3 is 2.71 bits per heavy atom. The third-order valence-electron chi connectivity index (χ3n) is 6.00. The van der Waals surface area contributed by atoms with Gasteiger partial charge in [-0.05, 0) is 43.9 Å². The van der Waals surface area contributed by atoms with E-state index in [9.17, 15) is 0 Å². The molecule has 2 saturated heterocycles. The average molecular weight is 500 g/mol. The van der Waals surface area contributed by atoms with Crippen LogP contribution in [0.1, 0.15) is 43.7 Å². The molecular formula is C22H37IN4O. The zero-order valence-electron chi connectivity index (χ0n) is 17.7. The number of aliphatic imine (C=N–C) groups is 1. The highest BCUT2D eigenvalue weighted by Crippen LogP contribution is 2.21. The Hall–Kier alpha value is -0.860. The van der Waals surface area contributed by atoms with E-state index in [4.69, 9.17) is 4.74 Å². The highest BCUT2D eigenvalue weighted by molar-refractivity contribution is 14.0. The molecular weight excluding hydrogens is 463 g/mol.